The first-order valence-corrected chi connectivity index (χ1v) is 21.5. The van der Waals surface area contributed by atoms with Crippen LogP contribution in [0.2, 0.25) is 0 Å². The lowest BCUT2D eigenvalue weighted by atomic mass is 9.66. The maximum absolute atomic E-state index is 15.3. The van der Waals surface area contributed by atoms with Gasteiger partial charge < -0.3 is 40.3 Å². The lowest BCUT2D eigenvalue weighted by Gasteiger charge is -2.45. The van der Waals surface area contributed by atoms with E-state index in [0.29, 0.717) is 72.0 Å². The van der Waals surface area contributed by atoms with E-state index in [1.54, 1.807) is 19.1 Å². The fourth-order valence-corrected chi connectivity index (χ4v) is 10.3. The van der Waals surface area contributed by atoms with Crippen molar-refractivity contribution in [2.24, 2.45) is 11.8 Å². The molecule has 0 amide bonds. The predicted octanol–water partition coefficient (Wildman–Crippen LogP) is 5.63. The number of rotatable bonds is 7. The number of hydrogen-bond donors (Lipinski definition) is 6. The Balaban J connectivity index is 1.37. The fourth-order valence-electron chi connectivity index (χ4n) is 10.3. The van der Waals surface area contributed by atoms with Gasteiger partial charge in [-0.25, -0.2) is 4.79 Å². The van der Waals surface area contributed by atoms with Crippen molar-refractivity contribution in [1.82, 2.24) is 0 Å². The van der Waals surface area contributed by atoms with E-state index in [1.807, 2.05) is 19.1 Å². The van der Waals surface area contributed by atoms with Crippen LogP contribution in [0.1, 0.15) is 116 Å². The number of nitrogens with one attached hydrogen (secondary N) is 1. The molecular formula is C49H55NO10. The second-order valence-corrected chi connectivity index (χ2v) is 17.7. The molecule has 1 saturated carbocycles. The number of phenols is 1. The summed E-state index contributed by atoms with van der Waals surface area (Å²) in [6, 6.07) is 14.8. The molecule has 2 aliphatic carbocycles. The summed E-state index contributed by atoms with van der Waals surface area (Å²) in [4.78, 5) is 41.9. The number of carbonyl (C=O) groups excluding carboxylic acids is 3. The number of ether oxygens (including phenoxy) is 2. The highest BCUT2D eigenvalue weighted by Gasteiger charge is 2.49. The molecule has 5 aliphatic rings. The van der Waals surface area contributed by atoms with E-state index >= 15 is 4.79 Å². The number of aliphatic hydroxyl groups is 4. The minimum absolute atomic E-state index is 0.00364. The van der Waals surface area contributed by atoms with Crippen LogP contribution in [-0.2, 0) is 51.4 Å². The van der Waals surface area contributed by atoms with Gasteiger partial charge in [0.05, 0.1) is 31.2 Å². The Hall–Kier alpha value is -4.99. The molecule has 9 bridgehead atoms. The average Bonchev–Trinajstić information content (AvgIpc) is 3.37. The number of anilines is 1. The van der Waals surface area contributed by atoms with E-state index in [1.165, 1.54) is 6.07 Å². The van der Waals surface area contributed by atoms with Gasteiger partial charge in [-0.15, -0.1) is 0 Å². The standard InChI is InChI=1S/C49H55NO10/c1-3-12-49(58)37-9-11-42(53)35(17-37)14-28-4-5-30-8-10-39(44(55)21-34(30)13-28)41-19-31(33-15-29(26-51)16-38(18-33)50-25-27(2)52)6-7-32-23-47(56)59-45-24-43(54)36(20-40(32)45)22-46(49)60-48(41)57/h4-5,13,15-16,18,20,24,27,31-32,35,37,44,46,50-52,54-55,58H,3,8-12,14,17,19,21-23,25-26H2,1-2H3. The summed E-state index contributed by atoms with van der Waals surface area (Å²) in [7, 11) is 0. The number of fused-ring (bicyclic) bond motifs is 9. The van der Waals surface area contributed by atoms with Crippen LogP contribution < -0.4 is 10.1 Å². The van der Waals surface area contributed by atoms with Crippen LogP contribution in [0, 0.1) is 23.7 Å². The predicted molar refractivity (Wildman–Crippen MR) is 223 cm³/mol. The van der Waals surface area contributed by atoms with Crippen molar-refractivity contribution in [2.75, 3.05) is 11.9 Å². The molecule has 60 heavy (non-hydrogen) atoms. The number of ketones is 1. The van der Waals surface area contributed by atoms with E-state index < -0.39 is 53.6 Å². The summed E-state index contributed by atoms with van der Waals surface area (Å²) in [5, 5.41) is 60.5. The van der Waals surface area contributed by atoms with Crippen LogP contribution in [0.5, 0.6) is 11.5 Å². The van der Waals surface area contributed by atoms with Gasteiger partial charge in [-0.1, -0.05) is 49.5 Å². The molecule has 3 aliphatic heterocycles. The fraction of sp³-hybridized carbons (Fsp3) is 0.490. The molecule has 1 fully saturated rings. The monoisotopic (exact) mass is 817 g/mol. The van der Waals surface area contributed by atoms with Crippen LogP contribution in [-0.4, -0.2) is 73.7 Å². The molecule has 11 heteroatoms. The number of hydrogen-bond acceptors (Lipinski definition) is 11. The average molecular weight is 818 g/mol. The van der Waals surface area contributed by atoms with Crippen LogP contribution in [0.25, 0.3) is 0 Å². The summed E-state index contributed by atoms with van der Waals surface area (Å²) in [5.74, 6) is 3.52. The summed E-state index contributed by atoms with van der Waals surface area (Å²) in [5.41, 5.74) is 4.97. The molecule has 8 atom stereocenters. The van der Waals surface area contributed by atoms with Gasteiger partial charge in [0.1, 0.15) is 29.0 Å². The highest BCUT2D eigenvalue weighted by Crippen LogP contribution is 2.46. The van der Waals surface area contributed by atoms with Crippen molar-refractivity contribution in [1.29, 1.82) is 0 Å². The molecule has 3 aromatic carbocycles. The van der Waals surface area contributed by atoms with E-state index in [2.05, 4.69) is 35.4 Å². The van der Waals surface area contributed by atoms with E-state index in [9.17, 15) is 35.1 Å². The SMILES string of the molecule is CCCC1(O)C2CCC(=O)C(Cc3ccc4c(c3)CC(O)C(=C3CC(c5cc(CO)cc(NCC(C)O)c5)C#CC5CC(=O)Oc6cc(O)c(cc65)CC1OC3=O)CC4)C2. The number of benzene rings is 3. The summed E-state index contributed by atoms with van der Waals surface area (Å²) < 4.78 is 12.3. The third-order valence-electron chi connectivity index (χ3n) is 13.4. The van der Waals surface area contributed by atoms with Gasteiger partial charge in [-0.05, 0) is 115 Å². The Morgan fingerprint density at radius 3 is 2.52 bits per heavy atom. The lowest BCUT2D eigenvalue weighted by molar-refractivity contribution is -0.176. The number of esters is 2. The number of aliphatic hydroxyl groups excluding tert-OH is 3. The minimum atomic E-state index is -1.61. The number of aromatic hydroxyl groups is 1. The number of aryl methyl sites for hydroxylation is 1. The zero-order chi connectivity index (χ0) is 42.3. The Morgan fingerprint density at radius 1 is 0.917 bits per heavy atom. The third-order valence-corrected chi connectivity index (χ3v) is 13.4. The minimum Gasteiger partial charge on any atom is -0.508 e. The third kappa shape index (κ3) is 8.48. The van der Waals surface area contributed by atoms with E-state index in [-0.39, 0.29) is 80.4 Å². The molecule has 3 aromatic rings. The number of phenolic OH excluding ortho intramolecular Hbond substituents is 1. The van der Waals surface area contributed by atoms with Gasteiger partial charge in [-0.2, -0.15) is 0 Å². The van der Waals surface area contributed by atoms with Gasteiger partial charge >= 0.3 is 11.9 Å². The van der Waals surface area contributed by atoms with Crippen molar-refractivity contribution < 1.29 is 49.4 Å². The summed E-state index contributed by atoms with van der Waals surface area (Å²) in [6.45, 7) is 3.58. The summed E-state index contributed by atoms with van der Waals surface area (Å²) >= 11 is 0. The second-order valence-electron chi connectivity index (χ2n) is 17.7. The first-order valence-electron chi connectivity index (χ1n) is 21.5. The van der Waals surface area contributed by atoms with E-state index in [4.69, 9.17) is 9.47 Å². The second kappa shape index (κ2) is 17.2. The van der Waals surface area contributed by atoms with Gasteiger partial charge in [0, 0.05) is 60.5 Å². The molecule has 0 spiro atoms. The molecule has 8 rings (SSSR count). The van der Waals surface area contributed by atoms with E-state index in [0.717, 1.165) is 16.7 Å². The largest absolute Gasteiger partial charge is 0.508 e. The molecule has 8 unspecified atom stereocenters. The number of Topliss-reactive ketones (excluding diaryl/α,β-unsaturated/α-hetero) is 1. The highest BCUT2D eigenvalue weighted by molar-refractivity contribution is 5.90. The Bertz CT molecular complexity index is 2280. The Labute approximate surface area is 350 Å². The first-order chi connectivity index (χ1) is 28.8. The molecule has 0 saturated heterocycles. The maximum atomic E-state index is 15.3. The molecule has 3 heterocycles. The molecule has 0 aromatic heterocycles. The smallest absolute Gasteiger partial charge is 0.334 e. The number of carbonyl (C=O) groups is 3. The van der Waals surface area contributed by atoms with Crippen LogP contribution >= 0.6 is 0 Å². The lowest BCUT2D eigenvalue weighted by Crippen LogP contribution is -2.54. The molecule has 0 radical (unpaired) electrons. The first kappa shape index (κ1) is 41.7. The van der Waals surface area contributed by atoms with Gasteiger partial charge in [-0.3, -0.25) is 9.59 Å². The zero-order valence-corrected chi connectivity index (χ0v) is 34.3. The van der Waals surface area contributed by atoms with Crippen molar-refractivity contribution >= 4 is 23.4 Å². The maximum Gasteiger partial charge on any atom is 0.334 e. The van der Waals surface area contributed by atoms with Crippen molar-refractivity contribution in [3.8, 4) is 23.3 Å². The van der Waals surface area contributed by atoms with Gasteiger partial charge in [0.15, 0.2) is 0 Å². The van der Waals surface area contributed by atoms with Crippen LogP contribution in [0.15, 0.2) is 59.7 Å². The van der Waals surface area contributed by atoms with Gasteiger partial charge in [0.2, 0.25) is 0 Å². The molecular weight excluding hydrogens is 763 g/mol. The molecule has 316 valence electrons. The van der Waals surface area contributed by atoms with Crippen LogP contribution in [0.3, 0.4) is 0 Å². The highest BCUT2D eigenvalue weighted by atomic mass is 16.6. The van der Waals surface area contributed by atoms with Crippen molar-refractivity contribution in [3.63, 3.8) is 0 Å². The molecule has 11 nitrogen and oxygen atoms in total. The topological polar surface area (TPSA) is 183 Å². The normalized spacial score (nSPS) is 28.1. The Kier molecular flexibility index (Phi) is 11.9. The van der Waals surface area contributed by atoms with Gasteiger partial charge in [0.25, 0.3) is 0 Å². The van der Waals surface area contributed by atoms with Crippen LogP contribution in [0.4, 0.5) is 5.69 Å². The Morgan fingerprint density at radius 2 is 1.73 bits per heavy atom. The molecule has 6 N–H and O–H groups in total. The summed E-state index contributed by atoms with van der Waals surface area (Å²) in [6.07, 6.45) is 0.503. The zero-order valence-electron chi connectivity index (χ0n) is 34.3. The van der Waals surface area contributed by atoms with Crippen molar-refractivity contribution in [3.05, 3.63) is 98.6 Å². The van der Waals surface area contributed by atoms with Crippen molar-refractivity contribution in [2.45, 2.75) is 133 Å². The quantitative estimate of drug-likeness (QED) is 0.0988.